The van der Waals surface area contributed by atoms with E-state index >= 15 is 0 Å². The molecule has 0 N–H and O–H groups in total. The molecule has 0 amide bonds. The van der Waals surface area contributed by atoms with Crippen molar-refractivity contribution in [2.24, 2.45) is 0 Å². The zero-order valence-electron chi connectivity index (χ0n) is 7.27. The fourth-order valence-electron chi connectivity index (χ4n) is 0. The van der Waals surface area contributed by atoms with Crippen molar-refractivity contribution in [2.45, 2.75) is 20.8 Å². The summed E-state index contributed by atoms with van der Waals surface area (Å²) in [6.45, 7) is 2.92. The Balaban J connectivity index is -0.0000000450. The maximum absolute atomic E-state index is 8.89. The number of hydrogen-bond acceptors (Lipinski definition) is 6. The topological polar surface area (TPSA) is 120 Å². The van der Waals surface area contributed by atoms with Gasteiger partial charge in [0.2, 0.25) is 0 Å². The van der Waals surface area contributed by atoms with Crippen LogP contribution in [0.15, 0.2) is 0 Å². The van der Waals surface area contributed by atoms with E-state index in [-0.39, 0.29) is 21.1 Å². The van der Waals surface area contributed by atoms with E-state index in [9.17, 15) is 0 Å². The van der Waals surface area contributed by atoms with Gasteiger partial charge in [-0.3, -0.25) is 0 Å². The van der Waals surface area contributed by atoms with Gasteiger partial charge in [-0.25, -0.2) is 0 Å². The van der Waals surface area contributed by atoms with Crippen LogP contribution in [-0.2, 0) is 35.4 Å². The van der Waals surface area contributed by atoms with Gasteiger partial charge >= 0.3 is 0 Å². The first-order valence-electron chi connectivity index (χ1n) is 2.72. The number of hydrogen-bond donors (Lipinski definition) is 0. The quantitative estimate of drug-likeness (QED) is 0.431. The van der Waals surface area contributed by atoms with Gasteiger partial charge in [-0.15, -0.1) is 0 Å². The molecule has 6 nitrogen and oxygen atoms in total. The minimum atomic E-state index is -1.08. The molecular formula is C6H9O6Pt-3. The van der Waals surface area contributed by atoms with E-state index in [0.29, 0.717) is 0 Å². The van der Waals surface area contributed by atoms with Crippen LogP contribution in [0.2, 0.25) is 0 Å². The summed E-state index contributed by atoms with van der Waals surface area (Å²) < 4.78 is 0. The van der Waals surface area contributed by atoms with E-state index in [4.69, 9.17) is 29.7 Å². The van der Waals surface area contributed by atoms with Crippen molar-refractivity contribution in [3.63, 3.8) is 0 Å². The van der Waals surface area contributed by atoms with E-state index in [1.165, 1.54) is 0 Å². The van der Waals surface area contributed by atoms with E-state index < -0.39 is 17.9 Å². The molecule has 13 heavy (non-hydrogen) atoms. The molecule has 7 heteroatoms. The van der Waals surface area contributed by atoms with Gasteiger partial charge in [0, 0.05) is 39.0 Å². The fourth-order valence-corrected chi connectivity index (χ4v) is 0. The summed E-state index contributed by atoms with van der Waals surface area (Å²) in [6, 6.07) is 0. The number of aliphatic carboxylic acids is 3. The van der Waals surface area contributed by atoms with Crippen LogP contribution in [0.4, 0.5) is 0 Å². The van der Waals surface area contributed by atoms with Gasteiger partial charge in [0.25, 0.3) is 0 Å². The van der Waals surface area contributed by atoms with Crippen molar-refractivity contribution >= 4 is 17.9 Å². The summed E-state index contributed by atoms with van der Waals surface area (Å²) >= 11 is 0. The molecule has 0 aliphatic heterocycles. The molecule has 0 saturated carbocycles. The summed E-state index contributed by atoms with van der Waals surface area (Å²) in [5.41, 5.74) is 0. The van der Waals surface area contributed by atoms with Crippen LogP contribution in [0.1, 0.15) is 20.8 Å². The van der Waals surface area contributed by atoms with Crippen molar-refractivity contribution in [1.29, 1.82) is 0 Å². The second-order valence-electron chi connectivity index (χ2n) is 1.47. The minimum Gasteiger partial charge on any atom is -0.550 e. The van der Waals surface area contributed by atoms with Crippen molar-refractivity contribution in [3.05, 3.63) is 0 Å². The summed E-state index contributed by atoms with van der Waals surface area (Å²) in [7, 11) is 0. The number of carbonyl (C=O) groups excluding carboxylic acids is 3. The van der Waals surface area contributed by atoms with Crippen LogP contribution in [0.3, 0.4) is 0 Å². The number of rotatable bonds is 0. The van der Waals surface area contributed by atoms with Crippen LogP contribution in [0, 0.1) is 0 Å². The molecule has 0 aromatic heterocycles. The smallest absolute Gasteiger partial charge is 0.0383 e. The molecule has 0 heterocycles. The van der Waals surface area contributed by atoms with Gasteiger partial charge in [-0.05, 0) is 20.8 Å². The minimum absolute atomic E-state index is 0. The second-order valence-corrected chi connectivity index (χ2v) is 1.47. The number of carboxylic acids is 3. The third kappa shape index (κ3) is 1130. The van der Waals surface area contributed by atoms with Crippen LogP contribution in [0.5, 0.6) is 0 Å². The Morgan fingerprint density at radius 2 is 0.692 bits per heavy atom. The maximum atomic E-state index is 8.89. The summed E-state index contributed by atoms with van der Waals surface area (Å²) in [6.07, 6.45) is 0. The summed E-state index contributed by atoms with van der Waals surface area (Å²) in [5.74, 6) is -3.25. The molecule has 0 aromatic rings. The molecule has 0 radical (unpaired) electrons. The Morgan fingerprint density at radius 1 is 0.692 bits per heavy atom. The molecule has 0 aromatic carbocycles. The molecule has 0 rings (SSSR count). The normalized spacial score (nSPS) is 5.77. The number of carboxylic acid groups (broad SMARTS) is 3. The third-order valence-corrected chi connectivity index (χ3v) is 0. The fraction of sp³-hybridized carbons (Fsp3) is 0.500. The standard InChI is InChI=1S/3C2H4O2.Pt/c3*1-2(3)4;/h3*1H3,(H,3,4);/p-3. The Morgan fingerprint density at radius 3 is 0.692 bits per heavy atom. The Bertz CT molecular complexity index is 115. The van der Waals surface area contributed by atoms with Crippen LogP contribution in [-0.4, -0.2) is 17.9 Å². The number of carbonyl (C=O) groups is 3. The van der Waals surface area contributed by atoms with Gasteiger partial charge < -0.3 is 29.7 Å². The molecule has 0 atom stereocenters. The van der Waals surface area contributed by atoms with Crippen LogP contribution < -0.4 is 15.3 Å². The van der Waals surface area contributed by atoms with E-state index in [0.717, 1.165) is 20.8 Å². The average Bonchev–Trinajstić information content (AvgIpc) is 1.54. The Hall–Kier alpha value is -0.902. The average molecular weight is 372 g/mol. The molecular weight excluding hydrogens is 363 g/mol. The van der Waals surface area contributed by atoms with Crippen molar-refractivity contribution < 1.29 is 50.8 Å². The first kappa shape index (κ1) is 22.7. The summed E-state index contributed by atoms with van der Waals surface area (Å²) in [5, 5.41) is 26.7. The molecule has 0 saturated heterocycles. The second kappa shape index (κ2) is 17.3. The van der Waals surface area contributed by atoms with Gasteiger partial charge in [0.1, 0.15) is 0 Å². The molecule has 0 aliphatic rings. The SMILES string of the molecule is CC(=O)[O-].CC(=O)[O-].CC(=O)[O-].[Pt]. The molecule has 0 unspecified atom stereocenters. The molecule has 0 fully saturated rings. The maximum Gasteiger partial charge on any atom is 0.0383 e. The molecule has 0 spiro atoms. The van der Waals surface area contributed by atoms with Crippen LogP contribution >= 0.6 is 0 Å². The Labute approximate surface area is 89.8 Å². The zero-order chi connectivity index (χ0) is 10.7. The molecule has 82 valence electrons. The third-order valence-electron chi connectivity index (χ3n) is 0. The predicted molar refractivity (Wildman–Crippen MR) is 32.0 cm³/mol. The van der Waals surface area contributed by atoms with E-state index in [2.05, 4.69) is 0 Å². The van der Waals surface area contributed by atoms with Gasteiger partial charge in [0.05, 0.1) is 0 Å². The first-order valence-corrected chi connectivity index (χ1v) is 2.72. The van der Waals surface area contributed by atoms with Crippen molar-refractivity contribution in [3.8, 4) is 0 Å². The van der Waals surface area contributed by atoms with E-state index in [1.54, 1.807) is 0 Å². The van der Waals surface area contributed by atoms with Gasteiger partial charge in [-0.1, -0.05) is 0 Å². The Kier molecular flexibility index (Phi) is 30.2. The van der Waals surface area contributed by atoms with E-state index in [1.807, 2.05) is 0 Å². The van der Waals surface area contributed by atoms with Crippen molar-refractivity contribution in [2.75, 3.05) is 0 Å². The summed E-state index contributed by atoms with van der Waals surface area (Å²) in [4.78, 5) is 26.7. The van der Waals surface area contributed by atoms with Gasteiger partial charge in [-0.2, -0.15) is 0 Å². The van der Waals surface area contributed by atoms with Gasteiger partial charge in [0.15, 0.2) is 0 Å². The monoisotopic (exact) mass is 372 g/mol. The molecule has 0 bridgehead atoms. The van der Waals surface area contributed by atoms with Crippen LogP contribution in [0.25, 0.3) is 0 Å². The zero-order valence-corrected chi connectivity index (χ0v) is 9.54. The largest absolute Gasteiger partial charge is 0.550 e. The first-order chi connectivity index (χ1) is 5.20. The van der Waals surface area contributed by atoms with Crippen molar-refractivity contribution in [1.82, 2.24) is 0 Å². The molecule has 0 aliphatic carbocycles. The predicted octanol–water partition coefficient (Wildman–Crippen LogP) is -3.73.